The fraction of sp³-hybridized carbons (Fsp3) is 0.200. The number of carbonyl (C=O) groups excluding carboxylic acids is 1. The number of methoxy groups -OCH3 is 1. The lowest BCUT2D eigenvalue weighted by Crippen LogP contribution is -2.28. The zero-order chi connectivity index (χ0) is 15.2. The fourth-order valence-electron chi connectivity index (χ4n) is 1.82. The van der Waals surface area contributed by atoms with Gasteiger partial charge in [-0.3, -0.25) is 4.79 Å². The topological polar surface area (TPSA) is 98.1 Å². The number of aromatic amines is 1. The van der Waals surface area contributed by atoms with Gasteiger partial charge in [0.2, 0.25) is 0 Å². The summed E-state index contributed by atoms with van der Waals surface area (Å²) in [6.07, 6.45) is 0.639. The molecule has 0 spiro atoms. The molecule has 1 amide bonds. The van der Waals surface area contributed by atoms with Crippen LogP contribution in [0.4, 0.5) is 0 Å². The highest BCUT2D eigenvalue weighted by molar-refractivity contribution is 5.92. The van der Waals surface area contributed by atoms with Crippen molar-refractivity contribution >= 4 is 5.91 Å². The molecule has 6 heteroatoms. The number of H-pyrrole nitrogens is 1. The Morgan fingerprint density at radius 2 is 2.19 bits per heavy atom. The first-order chi connectivity index (χ1) is 10.1. The molecule has 0 bridgehead atoms. The first kappa shape index (κ1) is 14.6. The molecule has 0 aliphatic carbocycles. The van der Waals surface area contributed by atoms with E-state index < -0.39 is 6.10 Å². The van der Waals surface area contributed by atoms with Crippen LogP contribution in [0.3, 0.4) is 0 Å². The lowest BCUT2D eigenvalue weighted by molar-refractivity contribution is 0.0912. The van der Waals surface area contributed by atoms with Crippen molar-refractivity contribution in [3.8, 4) is 11.8 Å². The summed E-state index contributed by atoms with van der Waals surface area (Å²) in [5.41, 5.74) is 1.35. The van der Waals surface area contributed by atoms with Gasteiger partial charge in [0, 0.05) is 12.7 Å². The standard InChI is InChI=1S/C15H15N3O3/c1-21-12-4-2-11(3-5-12)14(19)9-18-15(20)13-6-10(7-16)8-17-13/h2-6,8,14,17,19H,9H2,1H3,(H,18,20). The molecule has 2 rings (SSSR count). The van der Waals surface area contributed by atoms with Crippen LogP contribution in [0, 0.1) is 11.3 Å². The minimum absolute atomic E-state index is 0.0755. The molecule has 108 valence electrons. The molecular formula is C15H15N3O3. The quantitative estimate of drug-likeness (QED) is 0.772. The Labute approximate surface area is 122 Å². The fourth-order valence-corrected chi connectivity index (χ4v) is 1.82. The number of hydrogen-bond acceptors (Lipinski definition) is 4. The van der Waals surface area contributed by atoms with Crippen LogP contribution in [0.5, 0.6) is 5.75 Å². The minimum Gasteiger partial charge on any atom is -0.497 e. The highest BCUT2D eigenvalue weighted by atomic mass is 16.5. The molecule has 0 aliphatic heterocycles. The number of rotatable bonds is 5. The number of aromatic nitrogens is 1. The summed E-state index contributed by atoms with van der Waals surface area (Å²) in [4.78, 5) is 14.5. The van der Waals surface area contributed by atoms with E-state index in [4.69, 9.17) is 10.00 Å². The molecule has 0 aliphatic rings. The van der Waals surface area contributed by atoms with Crippen LogP contribution in [-0.4, -0.2) is 29.7 Å². The summed E-state index contributed by atoms with van der Waals surface area (Å²) in [5, 5.41) is 21.3. The Kier molecular flexibility index (Phi) is 4.59. The van der Waals surface area contributed by atoms with Crippen molar-refractivity contribution in [3.05, 3.63) is 53.3 Å². The van der Waals surface area contributed by atoms with Gasteiger partial charge in [0.1, 0.15) is 17.5 Å². The van der Waals surface area contributed by atoms with Crippen molar-refractivity contribution in [2.24, 2.45) is 0 Å². The lowest BCUT2D eigenvalue weighted by atomic mass is 10.1. The van der Waals surface area contributed by atoms with Crippen molar-refractivity contribution in [2.45, 2.75) is 6.10 Å². The number of nitriles is 1. The average molecular weight is 285 g/mol. The van der Waals surface area contributed by atoms with Gasteiger partial charge in [-0.25, -0.2) is 0 Å². The van der Waals surface area contributed by atoms with E-state index in [1.54, 1.807) is 31.4 Å². The van der Waals surface area contributed by atoms with Gasteiger partial charge in [0.15, 0.2) is 0 Å². The number of aliphatic hydroxyl groups excluding tert-OH is 1. The van der Waals surface area contributed by atoms with E-state index in [0.29, 0.717) is 16.9 Å². The molecule has 0 saturated heterocycles. The maximum absolute atomic E-state index is 11.8. The molecule has 1 aromatic carbocycles. The van der Waals surface area contributed by atoms with Gasteiger partial charge in [0.25, 0.3) is 5.91 Å². The maximum Gasteiger partial charge on any atom is 0.267 e. The Morgan fingerprint density at radius 1 is 1.48 bits per heavy atom. The Morgan fingerprint density at radius 3 is 2.76 bits per heavy atom. The minimum atomic E-state index is -0.815. The van der Waals surface area contributed by atoms with Crippen LogP contribution < -0.4 is 10.1 Å². The van der Waals surface area contributed by atoms with Gasteiger partial charge in [-0.1, -0.05) is 12.1 Å². The summed E-state index contributed by atoms with van der Waals surface area (Å²) >= 11 is 0. The summed E-state index contributed by atoms with van der Waals surface area (Å²) in [7, 11) is 1.57. The van der Waals surface area contributed by atoms with Crippen molar-refractivity contribution < 1.29 is 14.6 Å². The maximum atomic E-state index is 11.8. The number of ether oxygens (including phenoxy) is 1. The summed E-state index contributed by atoms with van der Waals surface area (Å²) in [5.74, 6) is 0.328. The van der Waals surface area contributed by atoms with Crippen LogP contribution in [0.2, 0.25) is 0 Å². The highest BCUT2D eigenvalue weighted by Crippen LogP contribution is 2.17. The number of benzene rings is 1. The normalized spacial score (nSPS) is 11.5. The number of hydrogen-bond donors (Lipinski definition) is 3. The summed E-state index contributed by atoms with van der Waals surface area (Å²) < 4.78 is 5.04. The molecule has 3 N–H and O–H groups in total. The highest BCUT2D eigenvalue weighted by Gasteiger charge is 2.12. The molecule has 1 unspecified atom stereocenters. The SMILES string of the molecule is COc1ccc(C(O)CNC(=O)c2cc(C#N)c[nH]2)cc1. The second-order valence-electron chi connectivity index (χ2n) is 4.41. The number of aliphatic hydroxyl groups is 1. The van der Waals surface area contributed by atoms with E-state index >= 15 is 0 Å². The van der Waals surface area contributed by atoms with Gasteiger partial charge in [-0.2, -0.15) is 5.26 Å². The van der Waals surface area contributed by atoms with E-state index in [1.807, 2.05) is 6.07 Å². The van der Waals surface area contributed by atoms with Crippen molar-refractivity contribution in [2.75, 3.05) is 13.7 Å². The molecule has 2 aromatic rings. The molecule has 0 radical (unpaired) electrons. The van der Waals surface area contributed by atoms with E-state index in [1.165, 1.54) is 12.3 Å². The molecule has 1 aromatic heterocycles. The molecular weight excluding hydrogens is 270 g/mol. The monoisotopic (exact) mass is 285 g/mol. The number of amides is 1. The van der Waals surface area contributed by atoms with Gasteiger partial charge in [-0.05, 0) is 23.8 Å². The molecule has 21 heavy (non-hydrogen) atoms. The third-order valence-electron chi connectivity index (χ3n) is 3.01. The van der Waals surface area contributed by atoms with Gasteiger partial charge < -0.3 is 20.1 Å². The first-order valence-electron chi connectivity index (χ1n) is 6.32. The molecule has 0 fully saturated rings. The Hall–Kier alpha value is -2.78. The van der Waals surface area contributed by atoms with Gasteiger partial charge >= 0.3 is 0 Å². The van der Waals surface area contributed by atoms with E-state index in [0.717, 1.165) is 0 Å². The number of nitrogens with zero attached hydrogens (tertiary/aromatic N) is 1. The van der Waals surface area contributed by atoms with Crippen LogP contribution in [-0.2, 0) is 0 Å². The predicted molar refractivity (Wildman–Crippen MR) is 75.8 cm³/mol. The molecule has 1 heterocycles. The Bertz CT molecular complexity index is 656. The second-order valence-corrected chi connectivity index (χ2v) is 4.41. The van der Waals surface area contributed by atoms with E-state index in [2.05, 4.69) is 10.3 Å². The molecule has 1 atom stereocenters. The third kappa shape index (κ3) is 3.61. The van der Waals surface area contributed by atoms with Crippen molar-refractivity contribution in [1.29, 1.82) is 5.26 Å². The van der Waals surface area contributed by atoms with Crippen LogP contribution in [0.1, 0.15) is 27.7 Å². The van der Waals surface area contributed by atoms with Gasteiger partial charge in [0.05, 0.1) is 18.8 Å². The van der Waals surface area contributed by atoms with Crippen LogP contribution in [0.15, 0.2) is 36.5 Å². The lowest BCUT2D eigenvalue weighted by Gasteiger charge is -2.12. The summed E-state index contributed by atoms with van der Waals surface area (Å²) in [6, 6.07) is 10.3. The van der Waals surface area contributed by atoms with Crippen LogP contribution >= 0.6 is 0 Å². The smallest absolute Gasteiger partial charge is 0.267 e. The summed E-state index contributed by atoms with van der Waals surface area (Å²) in [6.45, 7) is 0.0755. The molecule has 0 saturated carbocycles. The largest absolute Gasteiger partial charge is 0.497 e. The van der Waals surface area contributed by atoms with E-state index in [-0.39, 0.29) is 18.1 Å². The Balaban J connectivity index is 1.92. The zero-order valence-corrected chi connectivity index (χ0v) is 11.5. The molecule has 6 nitrogen and oxygen atoms in total. The van der Waals surface area contributed by atoms with Crippen molar-refractivity contribution in [1.82, 2.24) is 10.3 Å². The zero-order valence-electron chi connectivity index (χ0n) is 11.5. The first-order valence-corrected chi connectivity index (χ1v) is 6.32. The third-order valence-corrected chi connectivity index (χ3v) is 3.01. The van der Waals surface area contributed by atoms with E-state index in [9.17, 15) is 9.90 Å². The second kappa shape index (κ2) is 6.59. The number of carbonyl (C=O) groups is 1. The van der Waals surface area contributed by atoms with Crippen LogP contribution in [0.25, 0.3) is 0 Å². The van der Waals surface area contributed by atoms with Crippen molar-refractivity contribution in [3.63, 3.8) is 0 Å². The average Bonchev–Trinajstić information content (AvgIpc) is 3.01. The number of nitrogens with one attached hydrogen (secondary N) is 2. The van der Waals surface area contributed by atoms with Gasteiger partial charge in [-0.15, -0.1) is 0 Å². The predicted octanol–water partition coefficient (Wildman–Crippen LogP) is 1.36.